The number of nitrogens with zero attached hydrogens (tertiary/aromatic N) is 2. The van der Waals surface area contributed by atoms with Gasteiger partial charge in [-0.25, -0.2) is 0 Å². The highest BCUT2D eigenvalue weighted by molar-refractivity contribution is 6.16. The molecule has 0 amide bonds. The van der Waals surface area contributed by atoms with E-state index in [-0.39, 0.29) is 0 Å². The molecule has 53 heavy (non-hydrogen) atoms. The van der Waals surface area contributed by atoms with Gasteiger partial charge in [-0.15, -0.1) is 0 Å². The molecule has 0 aliphatic rings. The minimum atomic E-state index is 0.884. The molecule has 0 unspecified atom stereocenters. The molecule has 10 aromatic rings. The Morgan fingerprint density at radius 2 is 0.868 bits per heavy atom. The first-order chi connectivity index (χ1) is 26.3. The van der Waals surface area contributed by atoms with Crippen LogP contribution in [0.1, 0.15) is 0 Å². The van der Waals surface area contributed by atoms with Gasteiger partial charge >= 0.3 is 0 Å². The van der Waals surface area contributed by atoms with Gasteiger partial charge in [0.25, 0.3) is 0 Å². The highest BCUT2D eigenvalue weighted by Crippen LogP contribution is 2.46. The summed E-state index contributed by atoms with van der Waals surface area (Å²) in [6.45, 7) is 0. The summed E-state index contributed by atoms with van der Waals surface area (Å²) in [5.41, 5.74) is 10.7. The molecule has 0 aliphatic carbocycles. The fourth-order valence-electron chi connectivity index (χ4n) is 7.79. The summed E-state index contributed by atoms with van der Waals surface area (Å²) in [6, 6.07) is 73.5. The van der Waals surface area contributed by atoms with Crippen LogP contribution < -0.4 is 9.80 Å². The van der Waals surface area contributed by atoms with E-state index in [0.29, 0.717) is 0 Å². The molecule has 0 atom stereocenters. The molecule has 9 aromatic carbocycles. The smallest absolute Gasteiger partial charge is 0.135 e. The van der Waals surface area contributed by atoms with Crippen molar-refractivity contribution in [2.75, 3.05) is 9.80 Å². The van der Waals surface area contributed by atoms with Gasteiger partial charge in [0.1, 0.15) is 11.2 Å². The van der Waals surface area contributed by atoms with Crippen molar-refractivity contribution in [3.63, 3.8) is 0 Å². The topological polar surface area (TPSA) is 19.6 Å². The molecular formula is C50H34N2O. The van der Waals surface area contributed by atoms with Crippen LogP contribution in [0.4, 0.5) is 34.1 Å². The Morgan fingerprint density at radius 3 is 1.58 bits per heavy atom. The Bertz CT molecular complexity index is 2860. The van der Waals surface area contributed by atoms with E-state index in [2.05, 4.69) is 204 Å². The zero-order chi connectivity index (χ0) is 35.1. The third-order valence-corrected chi connectivity index (χ3v) is 10.2. The molecule has 0 aliphatic heterocycles. The second-order valence-corrected chi connectivity index (χ2v) is 13.4. The predicted molar refractivity (Wildman–Crippen MR) is 224 cm³/mol. The van der Waals surface area contributed by atoms with Gasteiger partial charge in [-0.05, 0) is 101 Å². The van der Waals surface area contributed by atoms with Gasteiger partial charge in [0, 0.05) is 44.5 Å². The number of hydrogen-bond donors (Lipinski definition) is 0. The van der Waals surface area contributed by atoms with Crippen molar-refractivity contribution < 1.29 is 4.42 Å². The van der Waals surface area contributed by atoms with Crippen LogP contribution in [0, 0.1) is 0 Å². The highest BCUT2D eigenvalue weighted by atomic mass is 16.3. The monoisotopic (exact) mass is 678 g/mol. The van der Waals surface area contributed by atoms with Crippen molar-refractivity contribution in [1.29, 1.82) is 0 Å². The fourth-order valence-corrected chi connectivity index (χ4v) is 7.79. The first-order valence-corrected chi connectivity index (χ1v) is 18.0. The highest BCUT2D eigenvalue weighted by Gasteiger charge is 2.21. The van der Waals surface area contributed by atoms with E-state index in [0.717, 1.165) is 67.2 Å². The van der Waals surface area contributed by atoms with Crippen LogP contribution in [0.25, 0.3) is 54.6 Å². The lowest BCUT2D eigenvalue weighted by Crippen LogP contribution is -2.11. The van der Waals surface area contributed by atoms with Crippen LogP contribution in [0.5, 0.6) is 0 Å². The quantitative estimate of drug-likeness (QED) is 0.156. The number of benzene rings is 9. The number of fused-ring (bicyclic) bond motifs is 6. The van der Waals surface area contributed by atoms with Crippen LogP contribution in [0.15, 0.2) is 211 Å². The first-order valence-electron chi connectivity index (χ1n) is 18.0. The van der Waals surface area contributed by atoms with Crippen molar-refractivity contribution in [3.05, 3.63) is 206 Å². The lowest BCUT2D eigenvalue weighted by Gasteiger charge is -2.29. The maximum absolute atomic E-state index is 6.24. The Labute approximate surface area is 308 Å². The number of para-hydroxylation sites is 5. The maximum atomic E-state index is 6.24. The molecule has 3 heteroatoms. The molecule has 1 heterocycles. The van der Waals surface area contributed by atoms with Crippen LogP contribution in [0.3, 0.4) is 0 Å². The molecule has 250 valence electrons. The summed E-state index contributed by atoms with van der Waals surface area (Å²) in [7, 11) is 0. The van der Waals surface area contributed by atoms with E-state index in [9.17, 15) is 0 Å². The molecule has 3 nitrogen and oxygen atoms in total. The average molecular weight is 679 g/mol. The molecule has 0 saturated heterocycles. The molecule has 0 spiro atoms. The molecule has 0 fully saturated rings. The Kier molecular flexibility index (Phi) is 7.47. The Hall–Kier alpha value is -7.10. The van der Waals surface area contributed by atoms with Crippen molar-refractivity contribution >= 4 is 77.6 Å². The molecule has 0 saturated carbocycles. The largest absolute Gasteiger partial charge is 0.456 e. The van der Waals surface area contributed by atoms with E-state index in [1.54, 1.807) is 0 Å². The standard InChI is InChI=1S/C50H34N2O/c1-4-17-37(18-5-1)51(38-19-6-2-7-20-38)47-26-14-12-24-42(47)36-28-30-43-45(32-36)41-23-11-10-16-35(41)33-48(43)52(39-21-8-3-9-22-39)40-29-31-50-46(34-40)44-25-13-15-27-49(44)53-50/h1-34H. The summed E-state index contributed by atoms with van der Waals surface area (Å²) in [4.78, 5) is 4.73. The van der Waals surface area contributed by atoms with Gasteiger partial charge in [-0.2, -0.15) is 0 Å². The number of anilines is 6. The zero-order valence-electron chi connectivity index (χ0n) is 28.9. The van der Waals surface area contributed by atoms with Gasteiger partial charge < -0.3 is 14.2 Å². The normalized spacial score (nSPS) is 11.4. The van der Waals surface area contributed by atoms with Gasteiger partial charge in [0.05, 0.1) is 11.4 Å². The van der Waals surface area contributed by atoms with Gasteiger partial charge in [-0.3, -0.25) is 0 Å². The van der Waals surface area contributed by atoms with E-state index < -0.39 is 0 Å². The number of furan rings is 1. The van der Waals surface area contributed by atoms with Gasteiger partial charge in [0.2, 0.25) is 0 Å². The van der Waals surface area contributed by atoms with Gasteiger partial charge in [0.15, 0.2) is 0 Å². The van der Waals surface area contributed by atoms with Crippen molar-refractivity contribution in [2.24, 2.45) is 0 Å². The third kappa shape index (κ3) is 5.38. The average Bonchev–Trinajstić information content (AvgIpc) is 3.60. The van der Waals surface area contributed by atoms with Crippen LogP contribution >= 0.6 is 0 Å². The van der Waals surface area contributed by atoms with Crippen LogP contribution in [0.2, 0.25) is 0 Å². The molecular weight excluding hydrogens is 645 g/mol. The summed E-state index contributed by atoms with van der Waals surface area (Å²) >= 11 is 0. The molecule has 1 aromatic heterocycles. The second kappa shape index (κ2) is 12.9. The summed E-state index contributed by atoms with van der Waals surface area (Å²) in [5.74, 6) is 0. The zero-order valence-corrected chi connectivity index (χ0v) is 28.9. The Morgan fingerprint density at radius 1 is 0.302 bits per heavy atom. The van der Waals surface area contributed by atoms with Crippen LogP contribution in [-0.2, 0) is 0 Å². The minimum absolute atomic E-state index is 0.884. The SMILES string of the molecule is c1ccc(N(c2ccccc2)c2ccccc2-c2ccc3c(N(c4ccccc4)c4ccc5oc6ccccc6c5c4)cc4ccccc4c3c2)cc1. The molecule has 0 bridgehead atoms. The van der Waals surface area contributed by atoms with Crippen molar-refractivity contribution in [3.8, 4) is 11.1 Å². The van der Waals surface area contributed by atoms with Crippen LogP contribution in [-0.4, -0.2) is 0 Å². The summed E-state index contributed by atoms with van der Waals surface area (Å²) in [5, 5.41) is 7.00. The maximum Gasteiger partial charge on any atom is 0.135 e. The summed E-state index contributed by atoms with van der Waals surface area (Å²) in [6.07, 6.45) is 0. The fraction of sp³-hybridized carbons (Fsp3) is 0. The van der Waals surface area contributed by atoms with Crippen molar-refractivity contribution in [2.45, 2.75) is 0 Å². The molecule has 0 N–H and O–H groups in total. The predicted octanol–water partition coefficient (Wildman–Crippen LogP) is 14.5. The third-order valence-electron chi connectivity index (χ3n) is 10.2. The van der Waals surface area contributed by atoms with E-state index in [4.69, 9.17) is 4.42 Å². The number of hydrogen-bond acceptors (Lipinski definition) is 3. The minimum Gasteiger partial charge on any atom is -0.456 e. The number of rotatable bonds is 7. The van der Waals surface area contributed by atoms with E-state index in [1.165, 1.54) is 21.5 Å². The van der Waals surface area contributed by atoms with Gasteiger partial charge in [-0.1, -0.05) is 127 Å². The first kappa shape index (κ1) is 30.7. The lowest BCUT2D eigenvalue weighted by molar-refractivity contribution is 0.669. The second-order valence-electron chi connectivity index (χ2n) is 13.4. The summed E-state index contributed by atoms with van der Waals surface area (Å²) < 4.78 is 6.24. The lowest BCUT2D eigenvalue weighted by atomic mass is 9.94. The molecule has 0 radical (unpaired) electrons. The molecule has 10 rings (SSSR count). The van der Waals surface area contributed by atoms with Crippen molar-refractivity contribution in [1.82, 2.24) is 0 Å². The van der Waals surface area contributed by atoms with E-state index in [1.807, 2.05) is 12.1 Å². The van der Waals surface area contributed by atoms with E-state index >= 15 is 0 Å². The Balaban J connectivity index is 1.20.